The minimum absolute atomic E-state index is 0.164. The number of likely N-dealkylation sites (tertiary alicyclic amines) is 1. The number of ether oxygens (including phenoxy) is 1. The summed E-state index contributed by atoms with van der Waals surface area (Å²) in [6.07, 6.45) is 1.33. The van der Waals surface area contributed by atoms with Crippen LogP contribution >= 0.6 is 0 Å². The van der Waals surface area contributed by atoms with Crippen LogP contribution < -0.4 is 0 Å². The maximum absolute atomic E-state index is 12.1. The Hall–Kier alpha value is -1.92. The predicted octanol–water partition coefficient (Wildman–Crippen LogP) is 0.00220. The van der Waals surface area contributed by atoms with Gasteiger partial charge in [0.25, 0.3) is 5.91 Å². The first-order valence-corrected chi connectivity index (χ1v) is 5.94. The molecule has 1 aliphatic heterocycles. The van der Waals surface area contributed by atoms with Gasteiger partial charge in [-0.05, 0) is 6.42 Å². The molecule has 0 bridgehead atoms. The first-order valence-electron chi connectivity index (χ1n) is 5.94. The Balaban J connectivity index is 2.01. The molecule has 98 valence electrons. The van der Waals surface area contributed by atoms with E-state index in [4.69, 9.17) is 0 Å². The number of methoxy groups -OCH3 is 1. The molecule has 1 unspecified atom stereocenters. The Bertz CT molecular complexity index is 457. The zero-order chi connectivity index (χ0) is 13.1. The molecule has 2 rings (SSSR count). The van der Waals surface area contributed by atoms with Crippen LogP contribution in [0.2, 0.25) is 0 Å². The van der Waals surface area contributed by atoms with Crippen molar-refractivity contribution in [2.24, 2.45) is 5.92 Å². The van der Waals surface area contributed by atoms with E-state index in [1.807, 2.05) is 6.92 Å². The molecule has 0 saturated carbocycles. The van der Waals surface area contributed by atoms with Gasteiger partial charge in [0.2, 0.25) is 5.82 Å². The molecule has 1 atom stereocenters. The summed E-state index contributed by atoms with van der Waals surface area (Å²) in [5.41, 5.74) is 0. The fourth-order valence-corrected chi connectivity index (χ4v) is 1.99. The number of aromatic nitrogens is 3. The second kappa shape index (κ2) is 5.16. The highest BCUT2D eigenvalue weighted by molar-refractivity contribution is 5.91. The number of carbonyl (C=O) groups is 2. The first-order chi connectivity index (χ1) is 8.65. The van der Waals surface area contributed by atoms with Crippen molar-refractivity contribution in [3.8, 4) is 0 Å². The predicted molar refractivity (Wildman–Crippen MR) is 61.8 cm³/mol. The number of carbonyl (C=O) groups excluding carboxylic acids is 2. The smallest absolute Gasteiger partial charge is 0.310 e. The molecule has 1 N–H and O–H groups in total. The van der Waals surface area contributed by atoms with Gasteiger partial charge in [-0.15, -0.1) is 5.10 Å². The molecule has 1 amide bonds. The van der Waals surface area contributed by atoms with Gasteiger partial charge < -0.3 is 9.64 Å². The third-order valence-electron chi connectivity index (χ3n) is 3.07. The molecule has 1 aromatic heterocycles. The van der Waals surface area contributed by atoms with E-state index in [2.05, 4.69) is 19.9 Å². The summed E-state index contributed by atoms with van der Waals surface area (Å²) in [4.78, 5) is 29.1. The lowest BCUT2D eigenvalue weighted by Crippen LogP contribution is -2.31. The lowest BCUT2D eigenvalue weighted by molar-refractivity contribution is -0.144. The van der Waals surface area contributed by atoms with Crippen LogP contribution in [0.4, 0.5) is 0 Å². The highest BCUT2D eigenvalue weighted by Crippen LogP contribution is 2.18. The molecule has 0 radical (unpaired) electrons. The number of hydrogen-bond donors (Lipinski definition) is 1. The second-order valence-electron chi connectivity index (χ2n) is 4.22. The zero-order valence-corrected chi connectivity index (χ0v) is 10.5. The molecule has 0 spiro atoms. The topological polar surface area (TPSA) is 88.2 Å². The Kier molecular flexibility index (Phi) is 3.59. The number of amides is 1. The summed E-state index contributed by atoms with van der Waals surface area (Å²) in [6, 6.07) is 0. The first kappa shape index (κ1) is 12.5. The number of hydrogen-bond acceptors (Lipinski definition) is 5. The highest BCUT2D eigenvalue weighted by atomic mass is 16.5. The van der Waals surface area contributed by atoms with Crippen LogP contribution in [0.5, 0.6) is 0 Å². The number of aryl methyl sites for hydroxylation is 1. The Morgan fingerprint density at radius 1 is 1.56 bits per heavy atom. The van der Waals surface area contributed by atoms with Gasteiger partial charge in [0, 0.05) is 19.5 Å². The van der Waals surface area contributed by atoms with E-state index in [-0.39, 0.29) is 23.6 Å². The number of nitrogens with zero attached hydrogens (tertiary/aromatic N) is 3. The molecule has 2 heterocycles. The highest BCUT2D eigenvalue weighted by Gasteiger charge is 2.33. The van der Waals surface area contributed by atoms with Gasteiger partial charge in [-0.1, -0.05) is 6.92 Å². The maximum Gasteiger partial charge on any atom is 0.310 e. The Morgan fingerprint density at radius 2 is 2.33 bits per heavy atom. The second-order valence-corrected chi connectivity index (χ2v) is 4.22. The largest absolute Gasteiger partial charge is 0.469 e. The van der Waals surface area contributed by atoms with Crippen LogP contribution in [0.25, 0.3) is 0 Å². The molecular formula is C11H16N4O3. The van der Waals surface area contributed by atoms with Crippen LogP contribution in [0.15, 0.2) is 0 Å². The van der Waals surface area contributed by atoms with Crippen molar-refractivity contribution in [3.05, 3.63) is 11.6 Å². The van der Waals surface area contributed by atoms with E-state index in [0.29, 0.717) is 31.8 Å². The summed E-state index contributed by atoms with van der Waals surface area (Å²) < 4.78 is 4.68. The Morgan fingerprint density at radius 3 is 2.94 bits per heavy atom. The van der Waals surface area contributed by atoms with Crippen molar-refractivity contribution in [1.82, 2.24) is 20.1 Å². The number of rotatable bonds is 3. The van der Waals surface area contributed by atoms with Crippen molar-refractivity contribution < 1.29 is 14.3 Å². The Labute approximate surface area is 105 Å². The van der Waals surface area contributed by atoms with Gasteiger partial charge in [0.05, 0.1) is 13.0 Å². The molecule has 7 nitrogen and oxygen atoms in total. The maximum atomic E-state index is 12.1. The van der Waals surface area contributed by atoms with Crippen molar-refractivity contribution in [1.29, 1.82) is 0 Å². The lowest BCUT2D eigenvalue weighted by Gasteiger charge is -2.13. The van der Waals surface area contributed by atoms with Crippen LogP contribution in [-0.4, -0.2) is 52.2 Å². The SMILES string of the molecule is CCc1nc(C(=O)N2CCC(C(=O)OC)C2)n[nH]1. The zero-order valence-electron chi connectivity index (χ0n) is 10.5. The summed E-state index contributed by atoms with van der Waals surface area (Å²) in [7, 11) is 1.36. The van der Waals surface area contributed by atoms with E-state index >= 15 is 0 Å². The van der Waals surface area contributed by atoms with Gasteiger partial charge >= 0.3 is 5.97 Å². The molecule has 1 fully saturated rings. The molecule has 1 saturated heterocycles. The van der Waals surface area contributed by atoms with E-state index in [0.717, 1.165) is 0 Å². The van der Waals surface area contributed by atoms with Crippen LogP contribution in [0, 0.1) is 5.92 Å². The average molecular weight is 252 g/mol. The fourth-order valence-electron chi connectivity index (χ4n) is 1.99. The van der Waals surface area contributed by atoms with E-state index < -0.39 is 0 Å². The molecule has 1 aromatic rings. The van der Waals surface area contributed by atoms with E-state index in [9.17, 15) is 9.59 Å². The van der Waals surface area contributed by atoms with E-state index in [1.54, 1.807) is 4.90 Å². The third kappa shape index (κ3) is 2.34. The monoisotopic (exact) mass is 252 g/mol. The van der Waals surface area contributed by atoms with Crippen molar-refractivity contribution in [2.75, 3.05) is 20.2 Å². The van der Waals surface area contributed by atoms with E-state index in [1.165, 1.54) is 7.11 Å². The van der Waals surface area contributed by atoms with Gasteiger partial charge in [0.15, 0.2) is 0 Å². The average Bonchev–Trinajstić information content (AvgIpc) is 3.05. The summed E-state index contributed by atoms with van der Waals surface area (Å²) in [5.74, 6) is 0.106. The lowest BCUT2D eigenvalue weighted by atomic mass is 10.1. The normalized spacial score (nSPS) is 19.0. The summed E-state index contributed by atoms with van der Waals surface area (Å²) >= 11 is 0. The molecule has 0 aromatic carbocycles. The molecular weight excluding hydrogens is 236 g/mol. The molecule has 7 heteroatoms. The van der Waals surface area contributed by atoms with Gasteiger partial charge in [0.1, 0.15) is 5.82 Å². The van der Waals surface area contributed by atoms with Crippen LogP contribution in [0.1, 0.15) is 29.8 Å². The third-order valence-corrected chi connectivity index (χ3v) is 3.07. The molecule has 1 aliphatic rings. The molecule has 18 heavy (non-hydrogen) atoms. The van der Waals surface area contributed by atoms with Crippen molar-refractivity contribution in [3.63, 3.8) is 0 Å². The standard InChI is InChI=1S/C11H16N4O3/c1-3-8-12-9(14-13-8)10(16)15-5-4-7(6-15)11(17)18-2/h7H,3-6H2,1-2H3,(H,12,13,14). The van der Waals surface area contributed by atoms with Crippen molar-refractivity contribution >= 4 is 11.9 Å². The minimum Gasteiger partial charge on any atom is -0.469 e. The van der Waals surface area contributed by atoms with Gasteiger partial charge in [-0.25, -0.2) is 4.98 Å². The van der Waals surface area contributed by atoms with Crippen LogP contribution in [-0.2, 0) is 16.0 Å². The number of aromatic amines is 1. The number of H-pyrrole nitrogens is 1. The summed E-state index contributed by atoms with van der Waals surface area (Å²) in [6.45, 7) is 2.84. The fraction of sp³-hybridized carbons (Fsp3) is 0.636. The van der Waals surface area contributed by atoms with Gasteiger partial charge in [-0.2, -0.15) is 0 Å². The number of esters is 1. The quantitative estimate of drug-likeness (QED) is 0.765. The summed E-state index contributed by atoms with van der Waals surface area (Å²) in [5, 5.41) is 6.58. The number of nitrogens with one attached hydrogen (secondary N) is 1. The van der Waals surface area contributed by atoms with Gasteiger partial charge in [-0.3, -0.25) is 14.7 Å². The van der Waals surface area contributed by atoms with Crippen molar-refractivity contribution in [2.45, 2.75) is 19.8 Å². The minimum atomic E-state index is -0.269. The van der Waals surface area contributed by atoms with Crippen LogP contribution in [0.3, 0.4) is 0 Å². The molecule has 0 aliphatic carbocycles.